The van der Waals surface area contributed by atoms with E-state index in [1.165, 1.54) is 38.5 Å². The van der Waals surface area contributed by atoms with Crippen molar-refractivity contribution in [3.05, 3.63) is 0 Å². The largest absolute Gasteiger partial charge is 0.466 e. The molecule has 136 valence electrons. The van der Waals surface area contributed by atoms with Gasteiger partial charge in [0.1, 0.15) is 0 Å². The highest BCUT2D eigenvalue weighted by Crippen LogP contribution is 2.16. The molecular weight excluding hydrogens is 292 g/mol. The fraction of sp³-hybridized carbons (Fsp3) is 0.895. The van der Waals surface area contributed by atoms with Crippen LogP contribution >= 0.6 is 0 Å². The first kappa shape index (κ1) is 21.9. The summed E-state index contributed by atoms with van der Waals surface area (Å²) in [6.07, 6.45) is 11.7. The van der Waals surface area contributed by atoms with Crippen LogP contribution in [-0.4, -0.2) is 25.2 Å². The lowest BCUT2D eigenvalue weighted by Gasteiger charge is -2.10. The first-order chi connectivity index (χ1) is 11.1. The van der Waals surface area contributed by atoms with Crippen LogP contribution in [0.1, 0.15) is 91.4 Å². The van der Waals surface area contributed by atoms with Crippen molar-refractivity contribution in [3.8, 4) is 0 Å². The molecule has 0 aromatic heterocycles. The van der Waals surface area contributed by atoms with Crippen molar-refractivity contribution in [2.24, 2.45) is 5.92 Å². The van der Waals surface area contributed by atoms with Gasteiger partial charge in [-0.3, -0.25) is 9.59 Å². The lowest BCUT2D eigenvalue weighted by molar-refractivity contribution is -0.144. The standard InChI is InChI=1S/C19H36O4/c1-4-22-18(20)15-13-11-9-7-6-8-10-12-14-17(3)16-19(21)23-5-2/h17H,4-16H2,1-3H3. The Morgan fingerprint density at radius 1 is 0.739 bits per heavy atom. The number of hydrogen-bond donors (Lipinski definition) is 0. The first-order valence-electron chi connectivity index (χ1n) is 9.41. The van der Waals surface area contributed by atoms with Crippen molar-refractivity contribution in [2.45, 2.75) is 91.4 Å². The average Bonchev–Trinajstić information content (AvgIpc) is 2.49. The monoisotopic (exact) mass is 328 g/mol. The number of unbranched alkanes of at least 4 members (excludes halogenated alkanes) is 7. The zero-order chi connectivity index (χ0) is 17.3. The number of carbonyl (C=O) groups excluding carboxylic acids is 2. The molecule has 0 radical (unpaired) electrons. The second-order valence-electron chi connectivity index (χ2n) is 6.29. The maximum absolute atomic E-state index is 11.3. The van der Waals surface area contributed by atoms with Gasteiger partial charge in [0.25, 0.3) is 0 Å². The third-order valence-corrected chi connectivity index (χ3v) is 3.95. The smallest absolute Gasteiger partial charge is 0.306 e. The first-order valence-corrected chi connectivity index (χ1v) is 9.41. The minimum atomic E-state index is -0.0668. The van der Waals surface area contributed by atoms with E-state index in [1.807, 2.05) is 13.8 Å². The van der Waals surface area contributed by atoms with Gasteiger partial charge in [0.15, 0.2) is 0 Å². The number of esters is 2. The van der Waals surface area contributed by atoms with Crippen LogP contribution in [0.25, 0.3) is 0 Å². The molecular formula is C19H36O4. The maximum atomic E-state index is 11.3. The molecule has 0 aliphatic heterocycles. The predicted molar refractivity (Wildman–Crippen MR) is 93.2 cm³/mol. The van der Waals surface area contributed by atoms with Crippen LogP contribution in [0.2, 0.25) is 0 Å². The molecule has 0 amide bonds. The van der Waals surface area contributed by atoms with Crippen LogP contribution in [0.3, 0.4) is 0 Å². The number of rotatable bonds is 15. The summed E-state index contributed by atoms with van der Waals surface area (Å²) in [6.45, 7) is 6.78. The Balaban J connectivity index is 3.27. The quantitative estimate of drug-likeness (QED) is 0.312. The Hall–Kier alpha value is -1.06. The highest BCUT2D eigenvalue weighted by Gasteiger charge is 2.09. The Labute approximate surface area is 142 Å². The molecule has 0 saturated carbocycles. The number of carbonyl (C=O) groups is 2. The van der Waals surface area contributed by atoms with Crippen LogP contribution in [0.4, 0.5) is 0 Å². The molecule has 0 N–H and O–H groups in total. The van der Waals surface area contributed by atoms with E-state index in [4.69, 9.17) is 9.47 Å². The van der Waals surface area contributed by atoms with Gasteiger partial charge in [-0.25, -0.2) is 0 Å². The zero-order valence-electron chi connectivity index (χ0n) is 15.4. The van der Waals surface area contributed by atoms with Gasteiger partial charge < -0.3 is 9.47 Å². The van der Waals surface area contributed by atoms with Crippen LogP contribution in [0.5, 0.6) is 0 Å². The zero-order valence-corrected chi connectivity index (χ0v) is 15.4. The molecule has 0 saturated heterocycles. The second-order valence-corrected chi connectivity index (χ2v) is 6.29. The Morgan fingerprint density at radius 3 is 1.78 bits per heavy atom. The van der Waals surface area contributed by atoms with E-state index in [-0.39, 0.29) is 11.9 Å². The summed E-state index contributed by atoms with van der Waals surface area (Å²) in [5.41, 5.74) is 0. The summed E-state index contributed by atoms with van der Waals surface area (Å²) in [7, 11) is 0. The molecule has 0 rings (SSSR count). The van der Waals surface area contributed by atoms with Crippen LogP contribution in [0, 0.1) is 5.92 Å². The van der Waals surface area contributed by atoms with E-state index in [1.54, 1.807) is 0 Å². The molecule has 0 bridgehead atoms. The van der Waals surface area contributed by atoms with E-state index in [9.17, 15) is 9.59 Å². The highest BCUT2D eigenvalue weighted by molar-refractivity contribution is 5.69. The molecule has 0 aromatic rings. The molecule has 0 aromatic carbocycles. The predicted octanol–water partition coefficient (Wildman–Crippen LogP) is 5.04. The second kappa shape index (κ2) is 15.8. The maximum Gasteiger partial charge on any atom is 0.306 e. The molecule has 4 heteroatoms. The minimum absolute atomic E-state index is 0.0653. The van der Waals surface area contributed by atoms with Crippen LogP contribution < -0.4 is 0 Å². The van der Waals surface area contributed by atoms with Crippen LogP contribution in [0.15, 0.2) is 0 Å². The van der Waals surface area contributed by atoms with Gasteiger partial charge in [-0.2, -0.15) is 0 Å². The molecule has 0 heterocycles. The van der Waals surface area contributed by atoms with Crippen molar-refractivity contribution in [1.82, 2.24) is 0 Å². The minimum Gasteiger partial charge on any atom is -0.466 e. The number of hydrogen-bond acceptors (Lipinski definition) is 4. The van der Waals surface area contributed by atoms with Gasteiger partial charge in [0.2, 0.25) is 0 Å². The molecule has 0 aliphatic carbocycles. The summed E-state index contributed by atoms with van der Waals surface area (Å²) in [5, 5.41) is 0. The van der Waals surface area contributed by atoms with Crippen LogP contribution in [-0.2, 0) is 19.1 Å². The lowest BCUT2D eigenvalue weighted by atomic mass is 9.99. The van der Waals surface area contributed by atoms with Crippen molar-refractivity contribution in [2.75, 3.05) is 13.2 Å². The van der Waals surface area contributed by atoms with E-state index in [0.717, 1.165) is 19.3 Å². The van der Waals surface area contributed by atoms with Gasteiger partial charge >= 0.3 is 11.9 Å². The van der Waals surface area contributed by atoms with Gasteiger partial charge in [-0.15, -0.1) is 0 Å². The van der Waals surface area contributed by atoms with E-state index in [2.05, 4.69) is 6.92 Å². The average molecular weight is 328 g/mol. The molecule has 1 atom stereocenters. The van der Waals surface area contributed by atoms with E-state index in [0.29, 0.717) is 32.0 Å². The fourth-order valence-electron chi connectivity index (χ4n) is 2.66. The molecule has 0 fully saturated rings. The summed E-state index contributed by atoms with van der Waals surface area (Å²) in [4.78, 5) is 22.5. The topological polar surface area (TPSA) is 52.6 Å². The third kappa shape index (κ3) is 15.6. The molecule has 4 nitrogen and oxygen atoms in total. The van der Waals surface area contributed by atoms with Crippen molar-refractivity contribution in [3.63, 3.8) is 0 Å². The van der Waals surface area contributed by atoms with E-state index < -0.39 is 0 Å². The Morgan fingerprint density at radius 2 is 1.22 bits per heavy atom. The molecule has 0 spiro atoms. The summed E-state index contributed by atoms with van der Waals surface area (Å²) >= 11 is 0. The Bertz CT molecular complexity index is 302. The molecule has 23 heavy (non-hydrogen) atoms. The van der Waals surface area contributed by atoms with Gasteiger partial charge in [0.05, 0.1) is 13.2 Å². The third-order valence-electron chi connectivity index (χ3n) is 3.95. The van der Waals surface area contributed by atoms with Gasteiger partial charge in [0, 0.05) is 12.8 Å². The Kier molecular flexibility index (Phi) is 15.1. The summed E-state index contributed by atoms with van der Waals surface area (Å²) in [5.74, 6) is 0.296. The van der Waals surface area contributed by atoms with Crippen molar-refractivity contribution in [1.29, 1.82) is 0 Å². The van der Waals surface area contributed by atoms with Gasteiger partial charge in [-0.05, 0) is 26.2 Å². The molecule has 1 unspecified atom stereocenters. The SMILES string of the molecule is CCOC(=O)CCCCCCCCCCC(C)CC(=O)OCC. The lowest BCUT2D eigenvalue weighted by Crippen LogP contribution is -2.09. The van der Waals surface area contributed by atoms with Gasteiger partial charge in [-0.1, -0.05) is 58.3 Å². The van der Waals surface area contributed by atoms with Crippen molar-refractivity contribution >= 4 is 11.9 Å². The summed E-state index contributed by atoms with van der Waals surface area (Å²) < 4.78 is 9.87. The highest BCUT2D eigenvalue weighted by atomic mass is 16.5. The normalized spacial score (nSPS) is 12.0. The number of ether oxygens (including phenoxy) is 2. The summed E-state index contributed by atoms with van der Waals surface area (Å²) in [6, 6.07) is 0. The fourth-order valence-corrected chi connectivity index (χ4v) is 2.66. The van der Waals surface area contributed by atoms with Crippen molar-refractivity contribution < 1.29 is 19.1 Å². The molecule has 0 aliphatic rings. The van der Waals surface area contributed by atoms with E-state index >= 15 is 0 Å².